The van der Waals surface area contributed by atoms with E-state index in [2.05, 4.69) is 0 Å². The van der Waals surface area contributed by atoms with Gasteiger partial charge in [0.2, 0.25) is 5.91 Å². The minimum absolute atomic E-state index is 0.149. The third-order valence-corrected chi connectivity index (χ3v) is 2.16. The molecular formula is C11H16N2O3. The topological polar surface area (TPSA) is 75.8 Å². The van der Waals surface area contributed by atoms with E-state index in [9.17, 15) is 9.90 Å². The Morgan fingerprint density at radius 3 is 2.75 bits per heavy atom. The van der Waals surface area contributed by atoms with Gasteiger partial charge < -0.3 is 15.6 Å². The van der Waals surface area contributed by atoms with Crippen LogP contribution in [0.2, 0.25) is 0 Å². The van der Waals surface area contributed by atoms with Crippen molar-refractivity contribution in [3.63, 3.8) is 0 Å². The Hall–Kier alpha value is -1.75. The number of benzene rings is 1. The van der Waals surface area contributed by atoms with Crippen LogP contribution in [0.15, 0.2) is 18.2 Å². The molecule has 0 saturated heterocycles. The molecule has 0 unspecified atom stereocenters. The standard InChI is InChI=1S/C11H16N2O3/c1-13(7-11(12)15)6-8-3-4-9(16-2)5-10(8)14/h3-5,14H,6-7H2,1-2H3,(H2,12,15). The molecule has 16 heavy (non-hydrogen) atoms. The van der Waals surface area contributed by atoms with Gasteiger partial charge in [0.15, 0.2) is 0 Å². The van der Waals surface area contributed by atoms with Crippen LogP contribution in [0.4, 0.5) is 0 Å². The number of ether oxygens (including phenoxy) is 1. The SMILES string of the molecule is COc1ccc(CN(C)CC(N)=O)c(O)c1. The Labute approximate surface area is 94.4 Å². The largest absolute Gasteiger partial charge is 0.507 e. The number of primary amides is 1. The molecular weight excluding hydrogens is 208 g/mol. The number of phenols is 1. The predicted octanol–water partition coefficient (Wildman–Crippen LogP) is 0.318. The lowest BCUT2D eigenvalue weighted by Crippen LogP contribution is -2.30. The lowest BCUT2D eigenvalue weighted by atomic mass is 10.2. The number of carbonyl (C=O) groups is 1. The summed E-state index contributed by atoms with van der Waals surface area (Å²) in [6.07, 6.45) is 0. The minimum Gasteiger partial charge on any atom is -0.507 e. The molecule has 0 bridgehead atoms. The lowest BCUT2D eigenvalue weighted by molar-refractivity contribution is -0.118. The molecule has 0 spiro atoms. The molecule has 88 valence electrons. The number of phenolic OH excluding ortho intramolecular Hbond substituents is 1. The van der Waals surface area contributed by atoms with Crippen LogP contribution in [0.3, 0.4) is 0 Å². The zero-order valence-corrected chi connectivity index (χ0v) is 9.43. The molecule has 0 aliphatic rings. The molecule has 0 aliphatic carbocycles. The summed E-state index contributed by atoms with van der Waals surface area (Å²) in [5.74, 6) is 0.352. The second-order valence-corrected chi connectivity index (χ2v) is 3.63. The normalized spacial score (nSPS) is 10.4. The molecule has 0 heterocycles. The molecule has 0 aromatic heterocycles. The van der Waals surface area contributed by atoms with Crippen LogP contribution in [0, 0.1) is 0 Å². The molecule has 0 saturated carbocycles. The molecule has 1 aromatic carbocycles. The van der Waals surface area contributed by atoms with Gasteiger partial charge >= 0.3 is 0 Å². The van der Waals surface area contributed by atoms with Gasteiger partial charge in [0, 0.05) is 18.2 Å². The second-order valence-electron chi connectivity index (χ2n) is 3.63. The Morgan fingerprint density at radius 2 is 2.25 bits per heavy atom. The van der Waals surface area contributed by atoms with Gasteiger partial charge in [-0.3, -0.25) is 9.69 Å². The number of aromatic hydroxyl groups is 1. The molecule has 3 N–H and O–H groups in total. The fourth-order valence-corrected chi connectivity index (χ4v) is 1.42. The maximum absolute atomic E-state index is 10.7. The summed E-state index contributed by atoms with van der Waals surface area (Å²) in [6.45, 7) is 0.615. The van der Waals surface area contributed by atoms with Crippen LogP contribution in [0.25, 0.3) is 0 Å². The molecule has 5 heteroatoms. The first-order valence-corrected chi connectivity index (χ1v) is 4.85. The van der Waals surface area contributed by atoms with E-state index in [1.807, 2.05) is 0 Å². The average molecular weight is 224 g/mol. The molecule has 0 atom stereocenters. The van der Waals surface area contributed by atoms with Gasteiger partial charge in [-0.1, -0.05) is 6.07 Å². The van der Waals surface area contributed by atoms with Gasteiger partial charge in [-0.25, -0.2) is 0 Å². The van der Waals surface area contributed by atoms with Crippen molar-refractivity contribution in [1.82, 2.24) is 4.90 Å². The molecule has 0 aliphatic heterocycles. The van der Waals surface area contributed by atoms with Gasteiger partial charge in [-0.15, -0.1) is 0 Å². The summed E-state index contributed by atoms with van der Waals surface area (Å²) < 4.78 is 4.97. The maximum atomic E-state index is 10.7. The number of carbonyl (C=O) groups excluding carboxylic acids is 1. The molecule has 1 rings (SSSR count). The highest BCUT2D eigenvalue weighted by molar-refractivity contribution is 5.75. The van der Waals surface area contributed by atoms with Crippen LogP contribution < -0.4 is 10.5 Å². The monoisotopic (exact) mass is 224 g/mol. The van der Waals surface area contributed by atoms with Crippen molar-refractivity contribution in [3.05, 3.63) is 23.8 Å². The van der Waals surface area contributed by atoms with E-state index in [0.717, 1.165) is 5.56 Å². The van der Waals surface area contributed by atoms with E-state index >= 15 is 0 Å². The highest BCUT2D eigenvalue weighted by atomic mass is 16.5. The first kappa shape index (κ1) is 12.3. The van der Waals surface area contributed by atoms with E-state index < -0.39 is 5.91 Å². The van der Waals surface area contributed by atoms with Crippen LogP contribution in [-0.4, -0.2) is 36.6 Å². The Morgan fingerprint density at radius 1 is 1.56 bits per heavy atom. The van der Waals surface area contributed by atoms with Crippen molar-refractivity contribution in [2.75, 3.05) is 20.7 Å². The first-order valence-electron chi connectivity index (χ1n) is 4.85. The van der Waals surface area contributed by atoms with Gasteiger partial charge in [0.05, 0.1) is 13.7 Å². The van der Waals surface area contributed by atoms with Crippen molar-refractivity contribution in [2.45, 2.75) is 6.54 Å². The van der Waals surface area contributed by atoms with Gasteiger partial charge in [0.1, 0.15) is 11.5 Å². The number of hydrogen-bond acceptors (Lipinski definition) is 4. The maximum Gasteiger partial charge on any atom is 0.231 e. The summed E-state index contributed by atoms with van der Waals surface area (Å²) in [6, 6.07) is 5.05. The predicted molar refractivity (Wildman–Crippen MR) is 60.2 cm³/mol. The second kappa shape index (κ2) is 5.37. The van der Waals surface area contributed by atoms with Gasteiger partial charge in [-0.2, -0.15) is 0 Å². The van der Waals surface area contributed by atoms with Crippen LogP contribution in [0.5, 0.6) is 11.5 Å². The van der Waals surface area contributed by atoms with E-state index in [0.29, 0.717) is 12.3 Å². The lowest BCUT2D eigenvalue weighted by Gasteiger charge is -2.15. The van der Waals surface area contributed by atoms with Crippen LogP contribution in [-0.2, 0) is 11.3 Å². The molecule has 1 amide bonds. The first-order chi connectivity index (χ1) is 7.52. The fourth-order valence-electron chi connectivity index (χ4n) is 1.42. The zero-order valence-electron chi connectivity index (χ0n) is 9.43. The highest BCUT2D eigenvalue weighted by Gasteiger charge is 2.08. The summed E-state index contributed by atoms with van der Waals surface area (Å²) in [7, 11) is 3.29. The van der Waals surface area contributed by atoms with Gasteiger partial charge in [0.25, 0.3) is 0 Å². The zero-order chi connectivity index (χ0) is 12.1. The molecule has 5 nitrogen and oxygen atoms in total. The Balaban J connectivity index is 2.70. The number of hydrogen-bond donors (Lipinski definition) is 2. The summed E-state index contributed by atoms with van der Waals surface area (Å²) in [5.41, 5.74) is 5.79. The van der Waals surface area contributed by atoms with E-state index in [1.165, 1.54) is 13.2 Å². The highest BCUT2D eigenvalue weighted by Crippen LogP contribution is 2.24. The Kier molecular flexibility index (Phi) is 4.13. The Bertz CT molecular complexity index is 379. The van der Waals surface area contributed by atoms with E-state index in [1.54, 1.807) is 24.1 Å². The fraction of sp³-hybridized carbons (Fsp3) is 0.364. The van der Waals surface area contributed by atoms with E-state index in [4.69, 9.17) is 10.5 Å². The number of methoxy groups -OCH3 is 1. The van der Waals surface area contributed by atoms with Crippen molar-refractivity contribution in [2.24, 2.45) is 5.73 Å². The number of nitrogens with zero attached hydrogens (tertiary/aromatic N) is 1. The molecule has 1 aromatic rings. The van der Waals surface area contributed by atoms with Crippen LogP contribution in [0.1, 0.15) is 5.56 Å². The van der Waals surface area contributed by atoms with Gasteiger partial charge in [-0.05, 0) is 13.1 Å². The van der Waals surface area contributed by atoms with E-state index in [-0.39, 0.29) is 12.3 Å². The number of amides is 1. The van der Waals surface area contributed by atoms with Crippen molar-refractivity contribution >= 4 is 5.91 Å². The average Bonchev–Trinajstić information content (AvgIpc) is 2.19. The summed E-state index contributed by atoms with van der Waals surface area (Å²) in [5, 5.41) is 9.68. The smallest absolute Gasteiger partial charge is 0.231 e. The number of likely N-dealkylation sites (N-methyl/N-ethyl adjacent to an activating group) is 1. The summed E-state index contributed by atoms with van der Waals surface area (Å²) in [4.78, 5) is 12.4. The molecule has 0 fully saturated rings. The van der Waals surface area contributed by atoms with Crippen molar-refractivity contribution in [3.8, 4) is 11.5 Å². The van der Waals surface area contributed by atoms with Crippen molar-refractivity contribution < 1.29 is 14.6 Å². The minimum atomic E-state index is -0.393. The third kappa shape index (κ3) is 3.43. The van der Waals surface area contributed by atoms with Crippen LogP contribution >= 0.6 is 0 Å². The number of nitrogens with two attached hydrogens (primary N) is 1. The molecule has 0 radical (unpaired) electrons. The third-order valence-electron chi connectivity index (χ3n) is 2.16. The van der Waals surface area contributed by atoms with Crippen molar-refractivity contribution in [1.29, 1.82) is 0 Å². The summed E-state index contributed by atoms with van der Waals surface area (Å²) >= 11 is 0. The number of rotatable bonds is 5. The quantitative estimate of drug-likeness (QED) is 0.755.